The molecular formula is C15H16N2O3. The van der Waals surface area contributed by atoms with Crippen molar-refractivity contribution >= 4 is 11.7 Å². The molecule has 0 aliphatic rings. The van der Waals surface area contributed by atoms with Gasteiger partial charge in [0.15, 0.2) is 5.75 Å². The summed E-state index contributed by atoms with van der Waals surface area (Å²) in [6.07, 6.45) is 3.41. The largest absolute Gasteiger partial charge is 0.466 e. The second-order valence-corrected chi connectivity index (χ2v) is 4.14. The van der Waals surface area contributed by atoms with Crippen LogP contribution in [0.1, 0.15) is 12.5 Å². The first-order valence-corrected chi connectivity index (χ1v) is 6.31. The lowest BCUT2D eigenvalue weighted by molar-refractivity contribution is -0.142. The number of rotatable bonds is 5. The molecule has 5 heteroatoms. The van der Waals surface area contributed by atoms with Crippen LogP contribution in [0.5, 0.6) is 11.5 Å². The molecule has 0 amide bonds. The number of benzene rings is 1. The molecule has 0 unspecified atom stereocenters. The van der Waals surface area contributed by atoms with Gasteiger partial charge >= 0.3 is 5.97 Å². The maximum Gasteiger partial charge on any atom is 0.310 e. The quantitative estimate of drug-likeness (QED) is 0.847. The first kappa shape index (κ1) is 13.9. The van der Waals surface area contributed by atoms with Gasteiger partial charge in [-0.3, -0.25) is 9.78 Å². The predicted octanol–water partition coefficient (Wildman–Crippen LogP) is 2.56. The maximum atomic E-state index is 11.4. The lowest BCUT2D eigenvalue weighted by atomic mass is 10.1. The number of carbonyl (C=O) groups excluding carboxylic acids is 1. The smallest absolute Gasteiger partial charge is 0.310 e. The molecule has 1 aromatic heterocycles. The molecule has 0 radical (unpaired) electrons. The molecule has 5 nitrogen and oxygen atoms in total. The van der Waals surface area contributed by atoms with E-state index in [-0.39, 0.29) is 12.4 Å². The van der Waals surface area contributed by atoms with Gasteiger partial charge in [0, 0.05) is 6.20 Å². The van der Waals surface area contributed by atoms with Crippen LogP contribution in [0, 0.1) is 0 Å². The summed E-state index contributed by atoms with van der Waals surface area (Å²) in [7, 11) is 0. The second-order valence-electron chi connectivity index (χ2n) is 4.14. The maximum absolute atomic E-state index is 11.4. The van der Waals surface area contributed by atoms with Crippen molar-refractivity contribution < 1.29 is 14.3 Å². The minimum absolute atomic E-state index is 0.238. The fraction of sp³-hybridized carbons (Fsp3) is 0.200. The van der Waals surface area contributed by atoms with Crippen molar-refractivity contribution in [2.45, 2.75) is 13.3 Å². The minimum Gasteiger partial charge on any atom is -0.466 e. The molecule has 0 fully saturated rings. The molecule has 1 heterocycles. The summed E-state index contributed by atoms with van der Waals surface area (Å²) in [6, 6.07) is 8.87. The number of nitrogen functional groups attached to an aromatic ring is 1. The van der Waals surface area contributed by atoms with E-state index in [0.29, 0.717) is 23.8 Å². The summed E-state index contributed by atoms with van der Waals surface area (Å²) in [6.45, 7) is 2.17. The van der Waals surface area contributed by atoms with Crippen LogP contribution in [0.4, 0.5) is 5.69 Å². The van der Waals surface area contributed by atoms with Crippen molar-refractivity contribution in [1.29, 1.82) is 0 Å². The molecule has 0 bridgehead atoms. The summed E-state index contributed by atoms with van der Waals surface area (Å²) in [5.41, 5.74) is 7.17. The molecular weight excluding hydrogens is 256 g/mol. The molecule has 20 heavy (non-hydrogen) atoms. The van der Waals surface area contributed by atoms with E-state index >= 15 is 0 Å². The Kier molecular flexibility index (Phi) is 4.55. The highest BCUT2D eigenvalue weighted by Crippen LogP contribution is 2.26. The number of carbonyl (C=O) groups is 1. The van der Waals surface area contributed by atoms with Crippen molar-refractivity contribution in [2.75, 3.05) is 12.3 Å². The van der Waals surface area contributed by atoms with Gasteiger partial charge in [-0.1, -0.05) is 12.1 Å². The number of esters is 1. The molecule has 104 valence electrons. The van der Waals surface area contributed by atoms with Gasteiger partial charge in [0.05, 0.1) is 24.9 Å². The summed E-state index contributed by atoms with van der Waals surface area (Å²) >= 11 is 0. The Morgan fingerprint density at radius 3 is 2.65 bits per heavy atom. The van der Waals surface area contributed by atoms with Crippen LogP contribution in [0.3, 0.4) is 0 Å². The Morgan fingerprint density at radius 2 is 2.00 bits per heavy atom. The van der Waals surface area contributed by atoms with E-state index in [0.717, 1.165) is 5.56 Å². The topological polar surface area (TPSA) is 74.4 Å². The van der Waals surface area contributed by atoms with E-state index in [1.165, 1.54) is 0 Å². The first-order valence-electron chi connectivity index (χ1n) is 6.31. The molecule has 2 rings (SSSR count). The SMILES string of the molecule is CCOC(=O)Cc1ccc(Oc2cnccc2N)cc1. The van der Waals surface area contributed by atoms with Gasteiger partial charge in [0.2, 0.25) is 0 Å². The van der Waals surface area contributed by atoms with E-state index in [1.54, 1.807) is 37.5 Å². The zero-order chi connectivity index (χ0) is 14.4. The zero-order valence-corrected chi connectivity index (χ0v) is 11.2. The van der Waals surface area contributed by atoms with Crippen LogP contribution in [0.15, 0.2) is 42.7 Å². The second kappa shape index (κ2) is 6.56. The first-order chi connectivity index (χ1) is 9.69. The summed E-state index contributed by atoms with van der Waals surface area (Å²) in [5, 5.41) is 0. The van der Waals surface area contributed by atoms with Crippen LogP contribution >= 0.6 is 0 Å². The zero-order valence-electron chi connectivity index (χ0n) is 11.2. The van der Waals surface area contributed by atoms with Gasteiger partial charge in [0.1, 0.15) is 5.75 Å². The van der Waals surface area contributed by atoms with Crippen LogP contribution in [0.2, 0.25) is 0 Å². The Hall–Kier alpha value is -2.56. The number of nitrogens with zero attached hydrogens (tertiary/aromatic N) is 1. The van der Waals surface area contributed by atoms with Gasteiger partial charge < -0.3 is 15.2 Å². The number of pyridine rings is 1. The number of aromatic nitrogens is 1. The summed E-state index contributed by atoms with van der Waals surface area (Å²) < 4.78 is 10.5. The van der Waals surface area contributed by atoms with Gasteiger partial charge in [-0.15, -0.1) is 0 Å². The third-order valence-corrected chi connectivity index (χ3v) is 2.62. The van der Waals surface area contributed by atoms with Crippen molar-refractivity contribution in [1.82, 2.24) is 4.98 Å². The highest BCUT2D eigenvalue weighted by molar-refractivity contribution is 5.72. The van der Waals surface area contributed by atoms with Crippen LogP contribution in [-0.4, -0.2) is 17.6 Å². The Bertz CT molecular complexity index is 582. The van der Waals surface area contributed by atoms with Crippen LogP contribution in [0.25, 0.3) is 0 Å². The monoisotopic (exact) mass is 272 g/mol. The van der Waals surface area contributed by atoms with E-state index in [4.69, 9.17) is 15.2 Å². The number of anilines is 1. The van der Waals surface area contributed by atoms with Crippen LogP contribution < -0.4 is 10.5 Å². The molecule has 0 aliphatic heterocycles. The number of hydrogen-bond acceptors (Lipinski definition) is 5. The average Bonchev–Trinajstić information content (AvgIpc) is 2.44. The predicted molar refractivity (Wildman–Crippen MR) is 75.5 cm³/mol. The van der Waals surface area contributed by atoms with Gasteiger partial charge in [-0.25, -0.2) is 0 Å². The van der Waals surface area contributed by atoms with Crippen LogP contribution in [-0.2, 0) is 16.0 Å². The average molecular weight is 272 g/mol. The van der Waals surface area contributed by atoms with Crippen molar-refractivity contribution in [3.63, 3.8) is 0 Å². The number of hydrogen-bond donors (Lipinski definition) is 1. The van der Waals surface area contributed by atoms with E-state index in [9.17, 15) is 4.79 Å². The molecule has 0 atom stereocenters. The fourth-order valence-corrected chi connectivity index (χ4v) is 1.66. The molecule has 0 spiro atoms. The molecule has 0 aliphatic carbocycles. The normalized spacial score (nSPS) is 10.1. The molecule has 2 aromatic rings. The number of nitrogens with two attached hydrogens (primary N) is 1. The van der Waals surface area contributed by atoms with Crippen molar-refractivity contribution in [3.8, 4) is 11.5 Å². The Labute approximate surface area is 117 Å². The molecule has 2 N–H and O–H groups in total. The van der Waals surface area contributed by atoms with Gasteiger partial charge in [-0.2, -0.15) is 0 Å². The molecule has 0 saturated carbocycles. The lowest BCUT2D eigenvalue weighted by Gasteiger charge is -2.08. The molecule has 1 aromatic carbocycles. The highest BCUT2D eigenvalue weighted by atomic mass is 16.5. The standard InChI is InChI=1S/C15H16N2O3/c1-2-19-15(18)9-11-3-5-12(6-4-11)20-14-10-17-8-7-13(14)16/h3-8,10H,2,9H2,1H3,(H2,16,17). The Morgan fingerprint density at radius 1 is 1.25 bits per heavy atom. The van der Waals surface area contributed by atoms with E-state index < -0.39 is 0 Å². The van der Waals surface area contributed by atoms with E-state index in [1.807, 2.05) is 12.1 Å². The summed E-state index contributed by atoms with van der Waals surface area (Å²) in [5.74, 6) is 0.903. The minimum atomic E-state index is -0.238. The van der Waals surface area contributed by atoms with Gasteiger partial charge in [-0.05, 0) is 30.7 Å². The highest BCUT2D eigenvalue weighted by Gasteiger charge is 2.05. The third kappa shape index (κ3) is 3.71. The summed E-state index contributed by atoms with van der Waals surface area (Å²) in [4.78, 5) is 15.3. The fourth-order valence-electron chi connectivity index (χ4n) is 1.66. The van der Waals surface area contributed by atoms with Crippen molar-refractivity contribution in [2.24, 2.45) is 0 Å². The lowest BCUT2D eigenvalue weighted by Crippen LogP contribution is -2.07. The van der Waals surface area contributed by atoms with Crippen molar-refractivity contribution in [3.05, 3.63) is 48.3 Å². The number of ether oxygens (including phenoxy) is 2. The third-order valence-electron chi connectivity index (χ3n) is 2.62. The van der Waals surface area contributed by atoms with E-state index in [2.05, 4.69) is 4.98 Å². The Balaban J connectivity index is 2.02. The van der Waals surface area contributed by atoms with Gasteiger partial charge in [0.25, 0.3) is 0 Å². The molecule has 0 saturated heterocycles.